The van der Waals surface area contributed by atoms with Gasteiger partial charge in [0.1, 0.15) is 0 Å². The Morgan fingerprint density at radius 3 is 1.59 bits per heavy atom. The molecule has 0 fully saturated rings. The molecule has 0 radical (unpaired) electrons. The highest BCUT2D eigenvalue weighted by Crippen LogP contribution is 2.44. The number of hydrogen-bond donors (Lipinski definition) is 0. The Labute approximate surface area is 247 Å². The van der Waals surface area contributed by atoms with Crippen LogP contribution in [0.2, 0.25) is 0 Å². The Morgan fingerprint density at radius 1 is 0.439 bits per heavy atom. The third kappa shape index (κ3) is 3.85. The van der Waals surface area contributed by atoms with E-state index in [9.17, 15) is 0 Å². The van der Waals surface area contributed by atoms with Crippen LogP contribution in [0.25, 0.3) is 49.4 Å². The molecule has 2 nitrogen and oxygen atoms in total. The lowest BCUT2D eigenvalue weighted by atomic mass is 9.94. The Bertz CT molecular complexity index is 2090. The molecule has 0 aliphatic rings. The summed E-state index contributed by atoms with van der Waals surface area (Å²) in [6.45, 7) is 0. The van der Waals surface area contributed by atoms with Crippen molar-refractivity contribution in [1.82, 2.24) is 4.57 Å². The maximum absolute atomic E-state index is 3.82. The van der Waals surface area contributed by atoms with Crippen molar-refractivity contribution in [3.8, 4) is 16.8 Å². The zero-order chi connectivity index (χ0) is 27.3. The predicted molar refractivity (Wildman–Crippen MR) is 177 cm³/mol. The molecule has 0 aliphatic heterocycles. The van der Waals surface area contributed by atoms with Crippen molar-refractivity contribution in [2.45, 2.75) is 0 Å². The van der Waals surface area contributed by atoms with E-state index in [2.05, 4.69) is 177 Å². The van der Waals surface area contributed by atoms with Crippen LogP contribution in [0.5, 0.6) is 0 Å². The van der Waals surface area contributed by atoms with Crippen LogP contribution in [0.1, 0.15) is 0 Å². The number of hydrogen-bond acceptors (Lipinski definition) is 1. The second kappa shape index (κ2) is 9.65. The SMILES string of the molecule is Brc1ccc2c3c1ccc1c(-c4ccc(N(c5ccccc5)c5ccccc5)cc4)ccc(c13)n2-c1ccccc1. The van der Waals surface area contributed by atoms with Gasteiger partial charge in [0, 0.05) is 38.0 Å². The van der Waals surface area contributed by atoms with Crippen LogP contribution in [0.15, 0.2) is 156 Å². The van der Waals surface area contributed by atoms with Crippen molar-refractivity contribution in [2.75, 3.05) is 4.90 Å². The number of nitrogens with zero attached hydrogens (tertiary/aromatic N) is 2. The number of benzene rings is 7. The van der Waals surface area contributed by atoms with E-state index in [-0.39, 0.29) is 0 Å². The van der Waals surface area contributed by atoms with Gasteiger partial charge in [0.2, 0.25) is 0 Å². The van der Waals surface area contributed by atoms with E-state index < -0.39 is 0 Å². The summed E-state index contributed by atoms with van der Waals surface area (Å²) in [7, 11) is 0. The van der Waals surface area contributed by atoms with Gasteiger partial charge < -0.3 is 9.47 Å². The van der Waals surface area contributed by atoms with Gasteiger partial charge in [-0.1, -0.05) is 101 Å². The molecule has 41 heavy (non-hydrogen) atoms. The first kappa shape index (κ1) is 24.0. The molecular formula is C38H25BrN2. The molecule has 0 saturated carbocycles. The van der Waals surface area contributed by atoms with Crippen molar-refractivity contribution in [1.29, 1.82) is 0 Å². The van der Waals surface area contributed by atoms with E-state index >= 15 is 0 Å². The van der Waals surface area contributed by atoms with Gasteiger partial charge in [-0.3, -0.25) is 0 Å². The van der Waals surface area contributed by atoms with Gasteiger partial charge in [0.05, 0.1) is 11.0 Å². The minimum absolute atomic E-state index is 1.12. The van der Waals surface area contributed by atoms with E-state index in [0.29, 0.717) is 0 Å². The molecule has 7 aromatic carbocycles. The van der Waals surface area contributed by atoms with Crippen LogP contribution in [-0.4, -0.2) is 4.57 Å². The molecule has 1 heterocycles. The van der Waals surface area contributed by atoms with Crippen molar-refractivity contribution in [3.05, 3.63) is 156 Å². The van der Waals surface area contributed by atoms with Gasteiger partial charge in [-0.05, 0) is 88.6 Å². The molecule has 3 heteroatoms. The van der Waals surface area contributed by atoms with Crippen LogP contribution in [0, 0.1) is 0 Å². The molecule has 0 bridgehead atoms. The standard InChI is InChI=1S/C38H25BrN2/c39-34-23-25-36-38-33(34)21-20-32-31(22-24-35(37(32)38)41(36)29-14-8-3-9-15-29)26-16-18-30(19-17-26)40(27-10-4-1-5-11-27)28-12-6-2-7-13-28/h1-25H. The molecule has 0 N–H and O–H groups in total. The first-order valence-electron chi connectivity index (χ1n) is 13.8. The van der Waals surface area contributed by atoms with Crippen molar-refractivity contribution < 1.29 is 0 Å². The van der Waals surface area contributed by atoms with E-state index in [1.54, 1.807) is 0 Å². The largest absolute Gasteiger partial charge is 0.311 e. The van der Waals surface area contributed by atoms with Crippen LogP contribution in [0.4, 0.5) is 17.1 Å². The van der Waals surface area contributed by atoms with Crippen molar-refractivity contribution >= 4 is 65.6 Å². The molecule has 194 valence electrons. The topological polar surface area (TPSA) is 8.17 Å². The summed E-state index contributed by atoms with van der Waals surface area (Å²) in [4.78, 5) is 2.30. The van der Waals surface area contributed by atoms with Crippen LogP contribution >= 0.6 is 15.9 Å². The highest BCUT2D eigenvalue weighted by molar-refractivity contribution is 9.10. The summed E-state index contributed by atoms with van der Waals surface area (Å²) in [5.41, 5.74) is 9.47. The van der Waals surface area contributed by atoms with Gasteiger partial charge in [-0.25, -0.2) is 0 Å². The number of para-hydroxylation sites is 3. The molecular weight excluding hydrogens is 564 g/mol. The normalized spacial score (nSPS) is 11.5. The van der Waals surface area contributed by atoms with Gasteiger partial charge >= 0.3 is 0 Å². The molecule has 0 atom stereocenters. The van der Waals surface area contributed by atoms with Crippen molar-refractivity contribution in [2.24, 2.45) is 0 Å². The molecule has 0 aliphatic carbocycles. The van der Waals surface area contributed by atoms with Gasteiger partial charge in [0.15, 0.2) is 0 Å². The lowest BCUT2D eigenvalue weighted by Crippen LogP contribution is -2.09. The Balaban J connectivity index is 1.31. The minimum Gasteiger partial charge on any atom is -0.311 e. The number of aromatic nitrogens is 1. The van der Waals surface area contributed by atoms with Crippen LogP contribution in [0.3, 0.4) is 0 Å². The zero-order valence-electron chi connectivity index (χ0n) is 22.2. The maximum atomic E-state index is 3.82. The maximum Gasteiger partial charge on any atom is 0.0548 e. The van der Waals surface area contributed by atoms with E-state index in [1.807, 2.05) is 0 Å². The summed E-state index contributed by atoms with van der Waals surface area (Å²) < 4.78 is 3.51. The second-order valence-corrected chi connectivity index (χ2v) is 11.2. The molecule has 1 aromatic heterocycles. The fourth-order valence-corrected chi connectivity index (χ4v) is 6.68. The van der Waals surface area contributed by atoms with Gasteiger partial charge in [-0.2, -0.15) is 0 Å². The molecule has 0 unspecified atom stereocenters. The Kier molecular flexibility index (Phi) is 5.65. The summed E-state index contributed by atoms with van der Waals surface area (Å²) in [6, 6.07) is 54.2. The lowest BCUT2D eigenvalue weighted by Gasteiger charge is -2.25. The molecule has 0 amide bonds. The Hall–Kier alpha value is -4.86. The first-order valence-corrected chi connectivity index (χ1v) is 14.6. The highest BCUT2D eigenvalue weighted by atomic mass is 79.9. The Morgan fingerprint density at radius 2 is 0.951 bits per heavy atom. The molecule has 0 spiro atoms. The lowest BCUT2D eigenvalue weighted by molar-refractivity contribution is 1.18. The average Bonchev–Trinajstić information content (AvgIpc) is 3.38. The summed E-state index contributed by atoms with van der Waals surface area (Å²) in [5, 5.41) is 5.11. The van der Waals surface area contributed by atoms with E-state index in [1.165, 1.54) is 49.4 Å². The quantitative estimate of drug-likeness (QED) is 0.181. The van der Waals surface area contributed by atoms with E-state index in [4.69, 9.17) is 0 Å². The van der Waals surface area contributed by atoms with Gasteiger partial charge in [-0.15, -0.1) is 0 Å². The summed E-state index contributed by atoms with van der Waals surface area (Å²) in [6.07, 6.45) is 0. The number of halogens is 1. The monoisotopic (exact) mass is 588 g/mol. The van der Waals surface area contributed by atoms with E-state index in [0.717, 1.165) is 21.5 Å². The minimum atomic E-state index is 1.12. The third-order valence-electron chi connectivity index (χ3n) is 8.02. The van der Waals surface area contributed by atoms with Gasteiger partial charge in [0.25, 0.3) is 0 Å². The van der Waals surface area contributed by atoms with Crippen molar-refractivity contribution in [3.63, 3.8) is 0 Å². The first-order chi connectivity index (χ1) is 20.3. The molecule has 0 saturated heterocycles. The van der Waals surface area contributed by atoms with Crippen LogP contribution in [-0.2, 0) is 0 Å². The summed E-state index contributed by atoms with van der Waals surface area (Å²) >= 11 is 3.82. The fourth-order valence-electron chi connectivity index (χ4n) is 6.22. The average molecular weight is 590 g/mol. The molecule has 8 rings (SSSR count). The fraction of sp³-hybridized carbons (Fsp3) is 0. The highest BCUT2D eigenvalue weighted by Gasteiger charge is 2.20. The number of rotatable bonds is 5. The van der Waals surface area contributed by atoms with Crippen LogP contribution < -0.4 is 4.90 Å². The third-order valence-corrected chi connectivity index (χ3v) is 8.71. The molecule has 8 aromatic rings. The second-order valence-electron chi connectivity index (χ2n) is 10.3. The predicted octanol–water partition coefficient (Wildman–Crippen LogP) is 11.3. The summed E-state index contributed by atoms with van der Waals surface area (Å²) in [5.74, 6) is 0. The smallest absolute Gasteiger partial charge is 0.0548 e. The number of anilines is 3. The zero-order valence-corrected chi connectivity index (χ0v) is 23.8.